The molecule has 0 atom stereocenters. The Hall–Kier alpha value is -2.69. The maximum absolute atomic E-state index is 12.0. The summed E-state index contributed by atoms with van der Waals surface area (Å²) in [6, 6.07) is 10.9. The van der Waals surface area contributed by atoms with Crippen LogP contribution in [0.15, 0.2) is 36.4 Å². The zero-order valence-corrected chi connectivity index (χ0v) is 13.7. The molecule has 0 radical (unpaired) electrons. The summed E-state index contributed by atoms with van der Waals surface area (Å²) >= 11 is 0. The smallest absolute Gasteiger partial charge is 0.262 e. The van der Waals surface area contributed by atoms with Crippen LogP contribution in [0.4, 0.5) is 11.4 Å². The maximum atomic E-state index is 12.0. The van der Waals surface area contributed by atoms with Gasteiger partial charge in [0.2, 0.25) is 0 Å². The Morgan fingerprint density at radius 2 is 1.96 bits per heavy atom. The number of carbonyl (C=O) groups is 1. The molecule has 23 heavy (non-hydrogen) atoms. The zero-order valence-electron chi connectivity index (χ0n) is 13.7. The van der Waals surface area contributed by atoms with Crippen molar-refractivity contribution in [1.82, 2.24) is 0 Å². The van der Waals surface area contributed by atoms with Crippen molar-refractivity contribution in [1.29, 1.82) is 0 Å². The summed E-state index contributed by atoms with van der Waals surface area (Å²) in [4.78, 5) is 12.0. The molecule has 2 aromatic rings. The molecule has 1 amide bonds. The van der Waals surface area contributed by atoms with Crippen LogP contribution < -0.4 is 20.5 Å². The van der Waals surface area contributed by atoms with Crippen LogP contribution in [0.1, 0.15) is 18.1 Å². The monoisotopic (exact) mass is 314 g/mol. The van der Waals surface area contributed by atoms with Gasteiger partial charge in [-0.15, -0.1) is 0 Å². The molecule has 2 rings (SSSR count). The first-order valence-corrected chi connectivity index (χ1v) is 7.52. The summed E-state index contributed by atoms with van der Waals surface area (Å²) in [6.45, 7) is 6.36. The molecule has 0 fully saturated rings. The molecular formula is C18H22N2O3. The third-order valence-electron chi connectivity index (χ3n) is 3.52. The molecule has 0 spiro atoms. The predicted octanol–water partition coefficient (Wildman–Crippen LogP) is 3.30. The molecule has 0 unspecified atom stereocenters. The second-order valence-electron chi connectivity index (χ2n) is 5.22. The summed E-state index contributed by atoms with van der Waals surface area (Å²) < 4.78 is 10.9. The van der Waals surface area contributed by atoms with Gasteiger partial charge in [-0.3, -0.25) is 4.79 Å². The molecular weight excluding hydrogens is 292 g/mol. The number of benzene rings is 2. The number of carbonyl (C=O) groups excluding carboxylic acids is 1. The van der Waals surface area contributed by atoms with E-state index in [4.69, 9.17) is 15.2 Å². The van der Waals surface area contributed by atoms with Crippen molar-refractivity contribution in [3.8, 4) is 11.5 Å². The van der Waals surface area contributed by atoms with Gasteiger partial charge in [0.15, 0.2) is 6.61 Å². The van der Waals surface area contributed by atoms with Gasteiger partial charge in [-0.1, -0.05) is 12.1 Å². The van der Waals surface area contributed by atoms with E-state index in [9.17, 15) is 4.79 Å². The van der Waals surface area contributed by atoms with Crippen LogP contribution in [0, 0.1) is 13.8 Å². The lowest BCUT2D eigenvalue weighted by Gasteiger charge is -2.12. The van der Waals surface area contributed by atoms with Crippen LogP contribution in [0.5, 0.6) is 11.5 Å². The molecule has 0 saturated heterocycles. The van der Waals surface area contributed by atoms with E-state index >= 15 is 0 Å². The number of hydrogen-bond donors (Lipinski definition) is 2. The summed E-state index contributed by atoms with van der Waals surface area (Å²) in [5.74, 6) is 1.12. The second kappa shape index (κ2) is 7.54. The van der Waals surface area contributed by atoms with Crippen molar-refractivity contribution in [3.63, 3.8) is 0 Å². The normalized spacial score (nSPS) is 10.2. The summed E-state index contributed by atoms with van der Waals surface area (Å²) in [6.07, 6.45) is 0. The fourth-order valence-electron chi connectivity index (χ4n) is 2.12. The Bertz CT molecular complexity index is 699. The summed E-state index contributed by atoms with van der Waals surface area (Å²) in [5, 5.41) is 2.74. The van der Waals surface area contributed by atoms with Crippen molar-refractivity contribution in [3.05, 3.63) is 47.5 Å². The van der Waals surface area contributed by atoms with Crippen molar-refractivity contribution in [2.75, 3.05) is 24.3 Å². The topological polar surface area (TPSA) is 73.6 Å². The van der Waals surface area contributed by atoms with E-state index in [0.29, 0.717) is 29.5 Å². The third kappa shape index (κ3) is 4.39. The average Bonchev–Trinajstić information content (AvgIpc) is 2.52. The third-order valence-corrected chi connectivity index (χ3v) is 3.52. The number of aryl methyl sites for hydroxylation is 1. The highest BCUT2D eigenvalue weighted by atomic mass is 16.5. The minimum absolute atomic E-state index is 0.0725. The Kier molecular flexibility index (Phi) is 5.46. The minimum Gasteiger partial charge on any atom is -0.494 e. The molecule has 0 saturated carbocycles. The standard InChI is InChI=1S/C18H22N2O3/c1-4-22-14-8-9-16(15(19)10-14)20-18(21)11-23-17-7-5-6-12(2)13(17)3/h5-10H,4,11,19H2,1-3H3,(H,20,21). The lowest BCUT2D eigenvalue weighted by molar-refractivity contribution is -0.118. The molecule has 3 N–H and O–H groups in total. The van der Waals surface area contributed by atoms with Gasteiger partial charge >= 0.3 is 0 Å². The lowest BCUT2D eigenvalue weighted by atomic mass is 10.1. The van der Waals surface area contributed by atoms with Gasteiger partial charge in [-0.2, -0.15) is 0 Å². The summed E-state index contributed by atoms with van der Waals surface area (Å²) in [7, 11) is 0. The van der Waals surface area contributed by atoms with Gasteiger partial charge in [0.05, 0.1) is 18.0 Å². The Labute approximate surface area is 136 Å². The van der Waals surface area contributed by atoms with Gasteiger partial charge in [0.1, 0.15) is 11.5 Å². The maximum Gasteiger partial charge on any atom is 0.262 e. The fraction of sp³-hybridized carbons (Fsp3) is 0.278. The number of ether oxygens (including phenoxy) is 2. The first-order valence-electron chi connectivity index (χ1n) is 7.52. The van der Waals surface area contributed by atoms with Gasteiger partial charge in [0, 0.05) is 6.07 Å². The minimum atomic E-state index is -0.262. The second-order valence-corrected chi connectivity index (χ2v) is 5.22. The van der Waals surface area contributed by atoms with Crippen LogP contribution in [0.2, 0.25) is 0 Å². The van der Waals surface area contributed by atoms with E-state index < -0.39 is 0 Å². The highest BCUT2D eigenvalue weighted by Gasteiger charge is 2.09. The molecule has 5 heteroatoms. The van der Waals surface area contributed by atoms with E-state index in [1.54, 1.807) is 18.2 Å². The quantitative estimate of drug-likeness (QED) is 0.802. The SMILES string of the molecule is CCOc1ccc(NC(=O)COc2cccc(C)c2C)c(N)c1. The van der Waals surface area contributed by atoms with E-state index in [1.165, 1.54) is 0 Å². The Balaban J connectivity index is 1.96. The number of amides is 1. The predicted molar refractivity (Wildman–Crippen MR) is 92.1 cm³/mol. The molecule has 0 aromatic heterocycles. The molecule has 0 bridgehead atoms. The molecule has 0 aliphatic rings. The largest absolute Gasteiger partial charge is 0.494 e. The highest BCUT2D eigenvalue weighted by molar-refractivity contribution is 5.95. The molecule has 122 valence electrons. The van der Waals surface area contributed by atoms with Gasteiger partial charge in [-0.25, -0.2) is 0 Å². The summed E-state index contributed by atoms with van der Waals surface area (Å²) in [5.41, 5.74) is 9.07. The first-order chi connectivity index (χ1) is 11.0. The van der Waals surface area contributed by atoms with Crippen LogP contribution in [-0.4, -0.2) is 19.1 Å². The highest BCUT2D eigenvalue weighted by Crippen LogP contribution is 2.24. The Morgan fingerprint density at radius 3 is 2.65 bits per heavy atom. The molecule has 0 aliphatic heterocycles. The first kappa shape index (κ1) is 16.7. The average molecular weight is 314 g/mol. The van der Waals surface area contributed by atoms with Crippen LogP contribution >= 0.6 is 0 Å². The molecule has 0 heterocycles. The number of hydrogen-bond acceptors (Lipinski definition) is 4. The number of nitrogen functional groups attached to an aromatic ring is 1. The van der Waals surface area contributed by atoms with Crippen molar-refractivity contribution < 1.29 is 14.3 Å². The van der Waals surface area contributed by atoms with Crippen molar-refractivity contribution in [2.24, 2.45) is 0 Å². The number of anilines is 2. The van der Waals surface area contributed by atoms with E-state index in [2.05, 4.69) is 5.32 Å². The van der Waals surface area contributed by atoms with Gasteiger partial charge < -0.3 is 20.5 Å². The van der Waals surface area contributed by atoms with Gasteiger partial charge in [-0.05, 0) is 50.1 Å². The zero-order chi connectivity index (χ0) is 16.8. The van der Waals surface area contributed by atoms with E-state index in [1.807, 2.05) is 39.0 Å². The number of nitrogens with two attached hydrogens (primary N) is 1. The molecule has 0 aliphatic carbocycles. The van der Waals surface area contributed by atoms with Crippen LogP contribution in [0.25, 0.3) is 0 Å². The van der Waals surface area contributed by atoms with E-state index in [0.717, 1.165) is 11.1 Å². The lowest BCUT2D eigenvalue weighted by Crippen LogP contribution is -2.21. The van der Waals surface area contributed by atoms with Crippen molar-refractivity contribution in [2.45, 2.75) is 20.8 Å². The fourth-order valence-corrected chi connectivity index (χ4v) is 2.12. The molecule has 2 aromatic carbocycles. The van der Waals surface area contributed by atoms with E-state index in [-0.39, 0.29) is 12.5 Å². The van der Waals surface area contributed by atoms with Crippen molar-refractivity contribution >= 4 is 17.3 Å². The number of rotatable bonds is 6. The van der Waals surface area contributed by atoms with Crippen LogP contribution in [-0.2, 0) is 4.79 Å². The number of nitrogens with one attached hydrogen (secondary N) is 1. The molecule has 5 nitrogen and oxygen atoms in total. The van der Waals surface area contributed by atoms with Gasteiger partial charge in [0.25, 0.3) is 5.91 Å². The van der Waals surface area contributed by atoms with Crippen LogP contribution in [0.3, 0.4) is 0 Å². The Morgan fingerprint density at radius 1 is 1.17 bits per heavy atom.